The number of pyridine rings is 1. The van der Waals surface area contributed by atoms with Crippen LogP contribution in [0.5, 0.6) is 0 Å². The number of hydrogen-bond donors (Lipinski definition) is 2. The Morgan fingerprint density at radius 1 is 0.906 bits per heavy atom. The molecule has 32 heavy (non-hydrogen) atoms. The van der Waals surface area contributed by atoms with Crippen molar-refractivity contribution < 1.29 is 0 Å². The Hall–Kier alpha value is -3.48. The molecule has 0 fully saturated rings. The molecule has 7 rings (SSSR count). The number of rotatable bonds is 2. The third kappa shape index (κ3) is 2.54. The lowest BCUT2D eigenvalue weighted by Crippen LogP contribution is -2.07. The molecule has 6 heteroatoms. The zero-order chi connectivity index (χ0) is 21.2. The van der Waals surface area contributed by atoms with Gasteiger partial charge in [-0.05, 0) is 47.5 Å². The zero-order valence-electron chi connectivity index (χ0n) is 17.1. The fourth-order valence-corrected chi connectivity index (χ4v) is 6.67. The highest BCUT2D eigenvalue weighted by Gasteiger charge is 2.27. The Morgan fingerprint density at radius 2 is 1.78 bits per heavy atom. The van der Waals surface area contributed by atoms with E-state index in [-0.39, 0.29) is 0 Å². The lowest BCUT2D eigenvalue weighted by atomic mass is 9.85. The molecule has 0 bridgehead atoms. The number of aromatic amines is 1. The number of nitrogens with two attached hydrogens (primary N) is 1. The number of benzene rings is 2. The first-order valence-electron chi connectivity index (χ1n) is 10.6. The molecule has 0 spiro atoms. The summed E-state index contributed by atoms with van der Waals surface area (Å²) in [7, 11) is 0. The van der Waals surface area contributed by atoms with E-state index in [1.54, 1.807) is 22.7 Å². The van der Waals surface area contributed by atoms with Gasteiger partial charge < -0.3 is 10.7 Å². The van der Waals surface area contributed by atoms with Gasteiger partial charge >= 0.3 is 0 Å². The maximum Gasteiger partial charge on any atom is 0.150 e. The van der Waals surface area contributed by atoms with Gasteiger partial charge in [0.25, 0.3) is 0 Å². The molecule has 2 aromatic carbocycles. The standard InChI is InChI=1S/C26H18N4S2/c27-22-21-20(19-10-5-13-31-19)16-12-11-14-6-1-2-7-15(14)23(16)30-26(21)32-24(22)25-28-17-8-3-4-9-18(17)29-25/h1-10,13H,11-12,27H2,(H,28,29). The van der Waals surface area contributed by atoms with Crippen molar-refractivity contribution in [3.05, 3.63) is 77.2 Å². The van der Waals surface area contributed by atoms with E-state index in [1.165, 1.54) is 27.1 Å². The minimum Gasteiger partial charge on any atom is -0.397 e. The number of aromatic nitrogens is 3. The Morgan fingerprint density at radius 3 is 2.66 bits per heavy atom. The normalized spacial score (nSPS) is 12.9. The number of imidazole rings is 1. The van der Waals surface area contributed by atoms with Gasteiger partial charge in [-0.3, -0.25) is 0 Å². The Kier molecular flexibility index (Phi) is 3.83. The van der Waals surface area contributed by atoms with Crippen LogP contribution in [0.25, 0.3) is 53.6 Å². The van der Waals surface area contributed by atoms with Gasteiger partial charge in [0.1, 0.15) is 4.83 Å². The zero-order valence-corrected chi connectivity index (χ0v) is 18.7. The molecule has 0 radical (unpaired) electrons. The third-order valence-electron chi connectivity index (χ3n) is 6.27. The predicted molar refractivity (Wildman–Crippen MR) is 135 cm³/mol. The van der Waals surface area contributed by atoms with Gasteiger partial charge in [0.15, 0.2) is 5.82 Å². The van der Waals surface area contributed by atoms with E-state index in [4.69, 9.17) is 15.7 Å². The van der Waals surface area contributed by atoms with Gasteiger partial charge in [-0.15, -0.1) is 22.7 Å². The summed E-state index contributed by atoms with van der Waals surface area (Å²) in [5.74, 6) is 0.808. The summed E-state index contributed by atoms with van der Waals surface area (Å²) >= 11 is 3.39. The number of thiophene rings is 2. The minimum atomic E-state index is 0.765. The highest BCUT2D eigenvalue weighted by molar-refractivity contribution is 7.23. The maximum absolute atomic E-state index is 6.84. The van der Waals surface area contributed by atoms with Crippen LogP contribution in [0.1, 0.15) is 11.1 Å². The average molecular weight is 451 g/mol. The number of nitrogens with one attached hydrogen (secondary N) is 1. The molecular weight excluding hydrogens is 432 g/mol. The van der Waals surface area contributed by atoms with E-state index in [2.05, 4.69) is 46.8 Å². The number of aryl methyl sites for hydroxylation is 1. The number of fused-ring (bicyclic) bond motifs is 5. The highest BCUT2D eigenvalue weighted by Crippen LogP contribution is 2.49. The van der Waals surface area contributed by atoms with Crippen LogP contribution in [0.4, 0.5) is 5.69 Å². The predicted octanol–water partition coefficient (Wildman–Crippen LogP) is 6.92. The highest BCUT2D eigenvalue weighted by atomic mass is 32.1. The molecule has 0 saturated carbocycles. The van der Waals surface area contributed by atoms with Crippen molar-refractivity contribution in [1.82, 2.24) is 15.0 Å². The van der Waals surface area contributed by atoms with Crippen LogP contribution in [-0.2, 0) is 12.8 Å². The first-order valence-corrected chi connectivity index (χ1v) is 12.3. The average Bonchev–Trinajstić information content (AvgIpc) is 3.56. The van der Waals surface area contributed by atoms with E-state index < -0.39 is 0 Å². The number of hydrogen-bond acceptors (Lipinski definition) is 5. The molecule has 4 heterocycles. The number of anilines is 1. The van der Waals surface area contributed by atoms with Crippen LogP contribution >= 0.6 is 22.7 Å². The summed E-state index contributed by atoms with van der Waals surface area (Å²) < 4.78 is 0. The molecule has 1 aliphatic rings. The first kappa shape index (κ1) is 18.1. The lowest BCUT2D eigenvalue weighted by Gasteiger charge is -2.22. The molecule has 0 atom stereocenters. The number of para-hydroxylation sites is 2. The summed E-state index contributed by atoms with van der Waals surface area (Å²) in [6.45, 7) is 0. The molecule has 0 unspecified atom stereocenters. The van der Waals surface area contributed by atoms with Crippen molar-refractivity contribution >= 4 is 49.6 Å². The smallest absolute Gasteiger partial charge is 0.150 e. The summed E-state index contributed by atoms with van der Waals surface area (Å²) in [6, 6.07) is 21.0. The van der Waals surface area contributed by atoms with Gasteiger partial charge in [-0.1, -0.05) is 42.5 Å². The van der Waals surface area contributed by atoms with Crippen molar-refractivity contribution in [1.29, 1.82) is 0 Å². The van der Waals surface area contributed by atoms with E-state index >= 15 is 0 Å². The molecule has 0 aliphatic heterocycles. The van der Waals surface area contributed by atoms with Gasteiger partial charge in [0.05, 0.1) is 27.3 Å². The summed E-state index contributed by atoms with van der Waals surface area (Å²) in [5.41, 5.74) is 15.8. The SMILES string of the molecule is Nc1c(-c2nc3ccccc3[nH]2)sc2nc3c(c(-c4cccs4)c12)CCc1ccccc1-3. The van der Waals surface area contributed by atoms with Gasteiger partial charge in [-0.2, -0.15) is 0 Å². The monoisotopic (exact) mass is 450 g/mol. The lowest BCUT2D eigenvalue weighted by molar-refractivity contribution is 0.936. The van der Waals surface area contributed by atoms with Crippen molar-refractivity contribution in [2.24, 2.45) is 0 Å². The van der Waals surface area contributed by atoms with Crippen molar-refractivity contribution in [3.63, 3.8) is 0 Å². The van der Waals surface area contributed by atoms with Gasteiger partial charge in [-0.25, -0.2) is 9.97 Å². The second-order valence-electron chi connectivity index (χ2n) is 8.08. The molecule has 4 nitrogen and oxygen atoms in total. The summed E-state index contributed by atoms with van der Waals surface area (Å²) in [4.78, 5) is 16.6. The van der Waals surface area contributed by atoms with Crippen LogP contribution in [-0.4, -0.2) is 15.0 Å². The van der Waals surface area contributed by atoms with Crippen molar-refractivity contribution in [2.45, 2.75) is 12.8 Å². The molecule has 4 aromatic heterocycles. The molecule has 6 aromatic rings. The molecule has 154 valence electrons. The number of nitrogens with zero attached hydrogens (tertiary/aromatic N) is 2. The van der Waals surface area contributed by atoms with Gasteiger partial charge in [0, 0.05) is 21.4 Å². The van der Waals surface area contributed by atoms with Crippen LogP contribution in [0, 0.1) is 0 Å². The Labute approximate surface area is 192 Å². The Balaban J connectivity index is 1.57. The fraction of sp³-hybridized carbons (Fsp3) is 0.0769. The van der Waals surface area contributed by atoms with Crippen LogP contribution in [0.2, 0.25) is 0 Å². The van der Waals surface area contributed by atoms with Gasteiger partial charge in [0.2, 0.25) is 0 Å². The van der Waals surface area contributed by atoms with Crippen LogP contribution in [0.3, 0.4) is 0 Å². The Bertz CT molecular complexity index is 1610. The van der Waals surface area contributed by atoms with Crippen LogP contribution < -0.4 is 5.73 Å². The quantitative estimate of drug-likeness (QED) is 0.301. The summed E-state index contributed by atoms with van der Waals surface area (Å²) in [5, 5.41) is 3.19. The van der Waals surface area contributed by atoms with E-state index in [1.807, 2.05) is 24.3 Å². The minimum absolute atomic E-state index is 0.765. The van der Waals surface area contributed by atoms with E-state index in [0.717, 1.165) is 56.2 Å². The van der Waals surface area contributed by atoms with Crippen molar-refractivity contribution in [3.8, 4) is 32.4 Å². The first-order chi connectivity index (χ1) is 15.8. The molecule has 0 saturated heterocycles. The number of H-pyrrole nitrogens is 1. The second-order valence-corrected chi connectivity index (χ2v) is 10.0. The van der Waals surface area contributed by atoms with E-state index in [9.17, 15) is 0 Å². The third-order valence-corrected chi connectivity index (χ3v) is 8.26. The van der Waals surface area contributed by atoms with Crippen molar-refractivity contribution in [2.75, 3.05) is 5.73 Å². The largest absolute Gasteiger partial charge is 0.397 e. The number of nitrogen functional groups attached to an aromatic ring is 1. The topological polar surface area (TPSA) is 67.6 Å². The maximum atomic E-state index is 6.84. The fourth-order valence-electron chi connectivity index (χ4n) is 4.81. The second kappa shape index (κ2) is 6.76. The molecule has 3 N–H and O–H groups in total. The molecule has 0 amide bonds. The molecule has 1 aliphatic carbocycles. The summed E-state index contributed by atoms with van der Waals surface area (Å²) in [6.07, 6.45) is 1.99. The molecular formula is C26H18N4S2. The van der Waals surface area contributed by atoms with E-state index in [0.29, 0.717) is 0 Å². The van der Waals surface area contributed by atoms with Crippen LogP contribution in [0.15, 0.2) is 66.0 Å².